The van der Waals surface area contributed by atoms with Gasteiger partial charge in [0.15, 0.2) is 0 Å². The first-order valence-electron chi connectivity index (χ1n) is 4.79. The first-order valence-corrected chi connectivity index (χ1v) is 4.79. The van der Waals surface area contributed by atoms with E-state index in [4.69, 9.17) is 0 Å². The van der Waals surface area contributed by atoms with Gasteiger partial charge in [0.2, 0.25) is 5.91 Å². The number of nitrogens with zero attached hydrogens (tertiary/aromatic N) is 2. The number of amides is 1. The zero-order valence-corrected chi connectivity index (χ0v) is 9.24. The normalized spacial score (nSPS) is 9.53. The number of allylic oxidation sites excluding steroid dienone is 1. The first kappa shape index (κ1) is 11.4. The van der Waals surface area contributed by atoms with Gasteiger partial charge in [-0.3, -0.25) is 4.79 Å². The van der Waals surface area contributed by atoms with Gasteiger partial charge in [0.05, 0.1) is 12.2 Å². The number of rotatable bonds is 3. The maximum Gasteiger partial charge on any atom is 0.244 e. The van der Waals surface area contributed by atoms with Crippen LogP contribution in [0, 0.1) is 6.92 Å². The molecule has 0 aliphatic heterocycles. The van der Waals surface area contributed by atoms with Crippen LogP contribution in [-0.4, -0.2) is 15.9 Å². The van der Waals surface area contributed by atoms with Gasteiger partial charge in [-0.25, -0.2) is 9.97 Å². The fourth-order valence-corrected chi connectivity index (χ4v) is 1.09. The van der Waals surface area contributed by atoms with Crippen molar-refractivity contribution in [2.24, 2.45) is 0 Å². The second-order valence-electron chi connectivity index (χ2n) is 3.53. The topological polar surface area (TPSA) is 54.9 Å². The predicted octanol–water partition coefficient (Wildman–Crippen LogP) is 1.37. The third-order valence-electron chi connectivity index (χ3n) is 1.70. The highest BCUT2D eigenvalue weighted by atomic mass is 16.1. The van der Waals surface area contributed by atoms with Gasteiger partial charge in [-0.2, -0.15) is 0 Å². The van der Waals surface area contributed by atoms with E-state index in [0.29, 0.717) is 12.4 Å². The molecule has 1 heterocycles. The molecule has 80 valence electrons. The maximum atomic E-state index is 11.3. The molecular formula is C11H15N3O. The summed E-state index contributed by atoms with van der Waals surface area (Å²) in [5, 5.41) is 2.75. The number of hydrogen-bond acceptors (Lipinski definition) is 3. The average Bonchev–Trinajstić information content (AvgIpc) is 2.14. The van der Waals surface area contributed by atoms with Gasteiger partial charge in [-0.15, -0.1) is 0 Å². The Hall–Kier alpha value is -1.71. The molecule has 0 atom stereocenters. The summed E-state index contributed by atoms with van der Waals surface area (Å²) < 4.78 is 0. The van der Waals surface area contributed by atoms with E-state index >= 15 is 0 Å². The molecule has 0 fully saturated rings. The van der Waals surface area contributed by atoms with Crippen molar-refractivity contribution in [3.63, 3.8) is 0 Å². The van der Waals surface area contributed by atoms with Gasteiger partial charge in [0.25, 0.3) is 0 Å². The molecule has 0 aliphatic rings. The molecule has 1 aromatic heterocycles. The SMILES string of the molecule is CC(C)=CC(=O)NCc1ccnc(C)n1. The van der Waals surface area contributed by atoms with Crippen LogP contribution in [0.4, 0.5) is 0 Å². The summed E-state index contributed by atoms with van der Waals surface area (Å²) in [4.78, 5) is 19.4. The van der Waals surface area contributed by atoms with Gasteiger partial charge in [0.1, 0.15) is 5.82 Å². The smallest absolute Gasteiger partial charge is 0.244 e. The molecule has 1 N–H and O–H groups in total. The predicted molar refractivity (Wildman–Crippen MR) is 58.0 cm³/mol. The van der Waals surface area contributed by atoms with E-state index < -0.39 is 0 Å². The van der Waals surface area contributed by atoms with E-state index in [9.17, 15) is 4.79 Å². The number of aryl methyl sites for hydroxylation is 1. The Morgan fingerprint density at radius 2 is 2.27 bits per heavy atom. The summed E-state index contributed by atoms with van der Waals surface area (Å²) in [5.41, 5.74) is 1.80. The molecule has 0 radical (unpaired) electrons. The molecule has 1 amide bonds. The average molecular weight is 205 g/mol. The van der Waals surface area contributed by atoms with E-state index in [2.05, 4.69) is 15.3 Å². The fraction of sp³-hybridized carbons (Fsp3) is 0.364. The summed E-state index contributed by atoms with van der Waals surface area (Å²) in [6.45, 7) is 6.02. The van der Waals surface area contributed by atoms with Crippen molar-refractivity contribution in [1.29, 1.82) is 0 Å². The molecular weight excluding hydrogens is 190 g/mol. The second kappa shape index (κ2) is 5.24. The van der Waals surface area contributed by atoms with Crippen molar-refractivity contribution >= 4 is 5.91 Å². The zero-order chi connectivity index (χ0) is 11.3. The van der Waals surface area contributed by atoms with Crippen LogP contribution in [-0.2, 0) is 11.3 Å². The Kier molecular flexibility index (Phi) is 3.97. The van der Waals surface area contributed by atoms with E-state index in [1.165, 1.54) is 0 Å². The minimum absolute atomic E-state index is 0.0914. The number of hydrogen-bond donors (Lipinski definition) is 1. The van der Waals surface area contributed by atoms with Gasteiger partial charge in [0, 0.05) is 12.3 Å². The van der Waals surface area contributed by atoms with Crippen LogP contribution in [0.5, 0.6) is 0 Å². The molecule has 0 saturated carbocycles. The highest BCUT2D eigenvalue weighted by Gasteiger charge is 1.98. The Labute approximate surface area is 89.4 Å². The zero-order valence-electron chi connectivity index (χ0n) is 9.24. The van der Waals surface area contributed by atoms with Gasteiger partial charge in [-0.1, -0.05) is 5.57 Å². The summed E-state index contributed by atoms with van der Waals surface area (Å²) >= 11 is 0. The molecule has 0 unspecified atom stereocenters. The highest BCUT2D eigenvalue weighted by Crippen LogP contribution is 1.94. The summed E-state index contributed by atoms with van der Waals surface area (Å²) in [7, 11) is 0. The van der Waals surface area contributed by atoms with E-state index in [1.807, 2.05) is 20.8 Å². The monoisotopic (exact) mass is 205 g/mol. The molecule has 0 aromatic carbocycles. The Morgan fingerprint density at radius 1 is 1.53 bits per heavy atom. The molecule has 0 saturated heterocycles. The van der Waals surface area contributed by atoms with Crippen LogP contribution >= 0.6 is 0 Å². The third kappa shape index (κ3) is 4.35. The van der Waals surface area contributed by atoms with Crippen LogP contribution in [0.3, 0.4) is 0 Å². The summed E-state index contributed by atoms with van der Waals surface area (Å²) in [6.07, 6.45) is 3.25. The van der Waals surface area contributed by atoms with Crippen LogP contribution in [0.2, 0.25) is 0 Å². The Balaban J connectivity index is 2.51. The van der Waals surface area contributed by atoms with Gasteiger partial charge < -0.3 is 5.32 Å². The Bertz CT molecular complexity index is 381. The summed E-state index contributed by atoms with van der Waals surface area (Å²) in [6, 6.07) is 1.79. The lowest BCUT2D eigenvalue weighted by Crippen LogP contribution is -2.21. The lowest BCUT2D eigenvalue weighted by molar-refractivity contribution is -0.116. The van der Waals surface area contributed by atoms with Crippen LogP contribution in [0.15, 0.2) is 23.9 Å². The largest absolute Gasteiger partial charge is 0.347 e. The molecule has 1 rings (SSSR count). The number of carbonyl (C=O) groups is 1. The van der Waals surface area contributed by atoms with Crippen LogP contribution in [0.1, 0.15) is 25.4 Å². The molecule has 4 nitrogen and oxygen atoms in total. The van der Waals surface area contributed by atoms with Crippen LogP contribution < -0.4 is 5.32 Å². The van der Waals surface area contributed by atoms with Crippen molar-refractivity contribution in [3.05, 3.63) is 35.4 Å². The van der Waals surface area contributed by atoms with Crippen molar-refractivity contribution in [2.75, 3.05) is 0 Å². The number of aromatic nitrogens is 2. The Morgan fingerprint density at radius 3 is 2.87 bits per heavy atom. The standard InChI is InChI=1S/C11H15N3O/c1-8(2)6-11(15)13-7-10-4-5-12-9(3)14-10/h4-6H,7H2,1-3H3,(H,13,15). The number of nitrogens with one attached hydrogen (secondary N) is 1. The lowest BCUT2D eigenvalue weighted by Gasteiger charge is -2.02. The molecule has 0 bridgehead atoms. The minimum Gasteiger partial charge on any atom is -0.347 e. The minimum atomic E-state index is -0.0914. The van der Waals surface area contributed by atoms with Gasteiger partial charge in [-0.05, 0) is 26.8 Å². The van der Waals surface area contributed by atoms with Gasteiger partial charge >= 0.3 is 0 Å². The lowest BCUT2D eigenvalue weighted by atomic mass is 10.3. The van der Waals surface area contributed by atoms with Crippen molar-refractivity contribution in [3.8, 4) is 0 Å². The highest BCUT2D eigenvalue weighted by molar-refractivity contribution is 5.87. The van der Waals surface area contributed by atoms with Crippen molar-refractivity contribution in [2.45, 2.75) is 27.3 Å². The third-order valence-corrected chi connectivity index (χ3v) is 1.70. The van der Waals surface area contributed by atoms with Crippen LogP contribution in [0.25, 0.3) is 0 Å². The molecule has 15 heavy (non-hydrogen) atoms. The second-order valence-corrected chi connectivity index (χ2v) is 3.53. The molecule has 1 aromatic rings. The molecule has 4 heteroatoms. The van der Waals surface area contributed by atoms with E-state index in [1.54, 1.807) is 18.3 Å². The maximum absolute atomic E-state index is 11.3. The van der Waals surface area contributed by atoms with Crippen molar-refractivity contribution < 1.29 is 4.79 Å². The van der Waals surface area contributed by atoms with Crippen molar-refractivity contribution in [1.82, 2.24) is 15.3 Å². The quantitative estimate of drug-likeness (QED) is 0.758. The fourth-order valence-electron chi connectivity index (χ4n) is 1.09. The summed E-state index contributed by atoms with van der Waals surface area (Å²) in [5.74, 6) is 0.621. The molecule has 0 aliphatic carbocycles. The van der Waals surface area contributed by atoms with E-state index in [0.717, 1.165) is 11.3 Å². The number of carbonyl (C=O) groups excluding carboxylic acids is 1. The molecule has 0 spiro atoms. The van der Waals surface area contributed by atoms with E-state index in [-0.39, 0.29) is 5.91 Å². The first-order chi connectivity index (χ1) is 7.08.